The molecule has 0 radical (unpaired) electrons. The van der Waals surface area contributed by atoms with Crippen LogP contribution in [0.15, 0.2) is 237 Å². The molecule has 0 spiro atoms. The minimum absolute atomic E-state index is 0.0660. The van der Waals surface area contributed by atoms with E-state index in [0.29, 0.717) is 0 Å². The molecule has 13 rings (SSSR count). The maximum atomic E-state index is 2.50. The van der Waals surface area contributed by atoms with E-state index in [1.807, 2.05) is 11.3 Å². The van der Waals surface area contributed by atoms with Crippen molar-refractivity contribution in [1.29, 1.82) is 0 Å². The second-order valence-corrected chi connectivity index (χ2v) is 19.5. The van der Waals surface area contributed by atoms with Crippen molar-refractivity contribution in [3.05, 3.63) is 270 Å². The van der Waals surface area contributed by atoms with Gasteiger partial charge in [0.05, 0.1) is 11.1 Å². The highest BCUT2D eigenvalue weighted by Gasteiger charge is 2.47. The zero-order valence-electron chi connectivity index (χ0n) is 36.9. The van der Waals surface area contributed by atoms with E-state index in [4.69, 9.17) is 0 Å². The zero-order chi connectivity index (χ0) is 44.0. The molecule has 312 valence electrons. The van der Waals surface area contributed by atoms with Crippen LogP contribution in [0, 0.1) is 0 Å². The van der Waals surface area contributed by atoms with E-state index in [-0.39, 0.29) is 5.41 Å². The predicted octanol–water partition coefficient (Wildman–Crippen LogP) is 17.5. The summed E-state index contributed by atoms with van der Waals surface area (Å²) in [5.41, 5.74) is 20.7. The van der Waals surface area contributed by atoms with Crippen LogP contribution < -0.4 is 4.90 Å². The van der Waals surface area contributed by atoms with Crippen molar-refractivity contribution in [2.24, 2.45) is 0 Å². The zero-order valence-corrected chi connectivity index (χ0v) is 37.7. The summed E-state index contributed by atoms with van der Waals surface area (Å²) in [5.74, 6) is 0. The van der Waals surface area contributed by atoms with Gasteiger partial charge in [0.15, 0.2) is 0 Å². The van der Waals surface area contributed by atoms with Crippen molar-refractivity contribution < 1.29 is 0 Å². The number of hydrogen-bond donors (Lipinski definition) is 0. The summed E-state index contributed by atoms with van der Waals surface area (Å²) in [6.07, 6.45) is 0. The van der Waals surface area contributed by atoms with Gasteiger partial charge in [-0.25, -0.2) is 0 Å². The Morgan fingerprint density at radius 2 is 0.924 bits per heavy atom. The Morgan fingerprint density at radius 1 is 0.348 bits per heavy atom. The van der Waals surface area contributed by atoms with Crippen LogP contribution >= 0.6 is 11.3 Å². The molecule has 0 bridgehead atoms. The Bertz CT molecular complexity index is 3630. The molecule has 1 aromatic heterocycles. The fourth-order valence-corrected chi connectivity index (χ4v) is 12.6. The van der Waals surface area contributed by atoms with Crippen molar-refractivity contribution in [3.63, 3.8) is 0 Å². The Balaban J connectivity index is 1.01. The first kappa shape index (κ1) is 38.7. The minimum Gasteiger partial charge on any atom is -0.310 e. The number of fused-ring (bicyclic) bond motifs is 9. The summed E-state index contributed by atoms with van der Waals surface area (Å²) in [4.78, 5) is 2.50. The van der Waals surface area contributed by atoms with Crippen molar-refractivity contribution in [1.82, 2.24) is 0 Å². The molecule has 66 heavy (non-hydrogen) atoms. The largest absolute Gasteiger partial charge is 0.310 e. The molecule has 11 aromatic rings. The molecule has 1 nitrogen and oxygen atoms in total. The van der Waals surface area contributed by atoms with Crippen LogP contribution in [0.25, 0.3) is 64.7 Å². The van der Waals surface area contributed by atoms with Crippen LogP contribution in [-0.2, 0) is 10.8 Å². The highest BCUT2D eigenvalue weighted by Crippen LogP contribution is 2.60. The first-order chi connectivity index (χ1) is 32.5. The monoisotopic (exact) mass is 859 g/mol. The van der Waals surface area contributed by atoms with E-state index in [1.165, 1.54) is 98.1 Å². The molecule has 0 N–H and O–H groups in total. The Hall–Kier alpha value is -7.78. The lowest BCUT2D eigenvalue weighted by Gasteiger charge is -2.34. The van der Waals surface area contributed by atoms with Crippen molar-refractivity contribution in [3.8, 4) is 44.5 Å². The molecular formula is C64H45NS. The molecule has 10 aromatic carbocycles. The van der Waals surface area contributed by atoms with E-state index in [1.54, 1.807) is 0 Å². The smallest absolute Gasteiger partial charge is 0.0714 e. The second-order valence-electron chi connectivity index (χ2n) is 18.4. The van der Waals surface area contributed by atoms with Crippen molar-refractivity contribution >= 4 is 48.6 Å². The number of hydrogen-bond acceptors (Lipinski definition) is 2. The predicted molar refractivity (Wildman–Crippen MR) is 280 cm³/mol. The molecular weight excluding hydrogens is 815 g/mol. The topological polar surface area (TPSA) is 3.24 Å². The Kier molecular flexibility index (Phi) is 8.72. The molecule has 2 aliphatic carbocycles. The third kappa shape index (κ3) is 5.71. The first-order valence-corrected chi connectivity index (χ1v) is 23.8. The number of benzene rings is 10. The maximum absolute atomic E-state index is 2.50. The Morgan fingerprint density at radius 3 is 1.71 bits per heavy atom. The van der Waals surface area contributed by atoms with E-state index < -0.39 is 5.41 Å². The van der Waals surface area contributed by atoms with Crippen LogP contribution in [0.1, 0.15) is 47.2 Å². The highest BCUT2D eigenvalue weighted by molar-refractivity contribution is 7.25. The molecule has 1 heterocycles. The third-order valence-corrected chi connectivity index (χ3v) is 15.7. The minimum atomic E-state index is -0.512. The summed E-state index contributed by atoms with van der Waals surface area (Å²) < 4.78 is 2.63. The SMILES string of the molecule is CC1(C)c2ccccc2-c2ccc(-c3ccc(N(c4cccc(-c5ccc6sc7ccccc7c6c5)c4)c4cccc5c4-c4ccccc4C5(c4ccccc4)c4ccccc4)cc3)cc21. The maximum Gasteiger partial charge on any atom is 0.0714 e. The number of nitrogens with zero attached hydrogens (tertiary/aromatic N) is 1. The summed E-state index contributed by atoms with van der Waals surface area (Å²) in [6.45, 7) is 4.72. The van der Waals surface area contributed by atoms with Crippen molar-refractivity contribution in [2.75, 3.05) is 4.90 Å². The van der Waals surface area contributed by atoms with Crippen LogP contribution in [0.5, 0.6) is 0 Å². The molecule has 0 aliphatic heterocycles. The second kappa shape index (κ2) is 14.9. The van der Waals surface area contributed by atoms with Gasteiger partial charge in [0.25, 0.3) is 0 Å². The van der Waals surface area contributed by atoms with Gasteiger partial charge in [-0.1, -0.05) is 196 Å². The van der Waals surface area contributed by atoms with E-state index in [2.05, 4.69) is 255 Å². The lowest BCUT2D eigenvalue weighted by atomic mass is 9.68. The van der Waals surface area contributed by atoms with Gasteiger partial charge in [0.1, 0.15) is 0 Å². The normalized spacial score (nSPS) is 13.8. The summed E-state index contributed by atoms with van der Waals surface area (Å²) >= 11 is 1.86. The fourth-order valence-electron chi connectivity index (χ4n) is 11.5. The van der Waals surface area contributed by atoms with Crippen LogP contribution in [0.2, 0.25) is 0 Å². The van der Waals surface area contributed by atoms with Gasteiger partial charge >= 0.3 is 0 Å². The average Bonchev–Trinajstić information content (AvgIpc) is 3.98. The van der Waals surface area contributed by atoms with Gasteiger partial charge in [0.2, 0.25) is 0 Å². The quantitative estimate of drug-likeness (QED) is 0.154. The fraction of sp³-hybridized carbons (Fsp3) is 0.0625. The van der Waals surface area contributed by atoms with Gasteiger partial charge in [-0.05, 0) is 127 Å². The lowest BCUT2D eigenvalue weighted by molar-refractivity contribution is 0.660. The van der Waals surface area contributed by atoms with Crippen LogP contribution in [-0.4, -0.2) is 0 Å². The number of rotatable bonds is 7. The van der Waals surface area contributed by atoms with Crippen LogP contribution in [0.3, 0.4) is 0 Å². The van der Waals surface area contributed by atoms with Gasteiger partial charge in [-0.15, -0.1) is 11.3 Å². The summed E-state index contributed by atoms with van der Waals surface area (Å²) in [7, 11) is 0. The van der Waals surface area contributed by atoms with Gasteiger partial charge in [-0.2, -0.15) is 0 Å². The molecule has 0 fully saturated rings. The van der Waals surface area contributed by atoms with E-state index in [0.717, 1.165) is 17.1 Å². The van der Waals surface area contributed by atoms with Crippen molar-refractivity contribution in [2.45, 2.75) is 24.7 Å². The molecule has 2 aliphatic rings. The summed E-state index contributed by atoms with van der Waals surface area (Å²) in [6, 6.07) is 88.3. The molecule has 0 saturated heterocycles. The summed E-state index contributed by atoms with van der Waals surface area (Å²) in [5, 5.41) is 2.62. The van der Waals surface area contributed by atoms with Crippen LogP contribution in [0.4, 0.5) is 17.1 Å². The number of anilines is 3. The molecule has 0 amide bonds. The molecule has 0 saturated carbocycles. The first-order valence-electron chi connectivity index (χ1n) is 23.0. The van der Waals surface area contributed by atoms with Gasteiger partial charge in [-0.3, -0.25) is 0 Å². The average molecular weight is 860 g/mol. The molecule has 0 unspecified atom stereocenters. The lowest BCUT2D eigenvalue weighted by Crippen LogP contribution is -2.28. The van der Waals surface area contributed by atoms with Gasteiger partial charge in [0, 0.05) is 42.5 Å². The number of thiophene rings is 1. The third-order valence-electron chi connectivity index (χ3n) is 14.6. The molecule has 0 atom stereocenters. The highest BCUT2D eigenvalue weighted by atomic mass is 32.1. The molecule has 2 heteroatoms. The Labute approximate surface area is 390 Å². The van der Waals surface area contributed by atoms with E-state index >= 15 is 0 Å². The van der Waals surface area contributed by atoms with Gasteiger partial charge < -0.3 is 4.90 Å². The van der Waals surface area contributed by atoms with E-state index in [9.17, 15) is 0 Å². The standard InChI is InChI=1S/C64H45NS/c1-63(2)55-26-12-9-23-50(55)51-37-33-45(41-58(51)63)42-31-35-48(36-32-42)65(49-22-15-17-43(39-49)44-34-38-61-54(40-44)52-24-11-14-30-60(52)66-61)59-29-16-28-57-62(59)53-25-10-13-27-56(53)64(57,46-18-5-3-6-19-46)47-20-7-4-8-21-47/h3-41H,1-2H3.